The summed E-state index contributed by atoms with van der Waals surface area (Å²) >= 11 is 0. The number of methoxy groups -OCH3 is 2. The molecule has 1 amide bonds. The van der Waals surface area contributed by atoms with E-state index in [2.05, 4.69) is 10.4 Å². The van der Waals surface area contributed by atoms with Crippen molar-refractivity contribution in [2.24, 2.45) is 0 Å². The topological polar surface area (TPSA) is 65.4 Å². The molecule has 2 aromatic carbocycles. The van der Waals surface area contributed by atoms with Crippen molar-refractivity contribution >= 4 is 5.91 Å². The van der Waals surface area contributed by atoms with Gasteiger partial charge in [0.25, 0.3) is 0 Å². The summed E-state index contributed by atoms with van der Waals surface area (Å²) in [5, 5.41) is 7.55. The summed E-state index contributed by atoms with van der Waals surface area (Å²) in [6.07, 6.45) is 0.190. The first-order chi connectivity index (χ1) is 14.3. The van der Waals surface area contributed by atoms with E-state index in [0.717, 1.165) is 28.2 Å². The fourth-order valence-electron chi connectivity index (χ4n) is 3.47. The van der Waals surface area contributed by atoms with E-state index in [1.54, 1.807) is 31.0 Å². The van der Waals surface area contributed by atoms with Crippen LogP contribution in [0, 0.1) is 19.7 Å². The van der Waals surface area contributed by atoms with Crippen molar-refractivity contribution < 1.29 is 18.7 Å². The van der Waals surface area contributed by atoms with Crippen LogP contribution in [0.5, 0.6) is 11.5 Å². The molecule has 0 saturated heterocycles. The van der Waals surface area contributed by atoms with Crippen molar-refractivity contribution in [2.45, 2.75) is 33.2 Å². The third-order valence-electron chi connectivity index (χ3n) is 5.13. The number of hydrogen-bond donors (Lipinski definition) is 1. The molecule has 0 aliphatic heterocycles. The summed E-state index contributed by atoms with van der Waals surface area (Å²) in [6.45, 7) is 5.67. The Morgan fingerprint density at radius 1 is 1.13 bits per heavy atom. The molecule has 0 spiro atoms. The maximum atomic E-state index is 13.2. The van der Waals surface area contributed by atoms with Crippen LogP contribution in [-0.4, -0.2) is 29.9 Å². The van der Waals surface area contributed by atoms with Gasteiger partial charge in [0.2, 0.25) is 5.91 Å². The van der Waals surface area contributed by atoms with Gasteiger partial charge in [-0.25, -0.2) is 9.07 Å². The SMILES string of the molecule is COc1ccc(OC)c(C(C)NC(=O)Cc2c(C)nn(-c3ccc(F)cc3)c2C)c1. The fraction of sp³-hybridized carbons (Fsp3) is 0.304. The molecule has 158 valence electrons. The van der Waals surface area contributed by atoms with E-state index >= 15 is 0 Å². The number of ether oxygens (including phenoxy) is 2. The maximum Gasteiger partial charge on any atom is 0.225 e. The number of carbonyl (C=O) groups is 1. The number of aromatic nitrogens is 2. The van der Waals surface area contributed by atoms with Crippen molar-refractivity contribution in [2.75, 3.05) is 14.2 Å². The number of aryl methyl sites for hydroxylation is 1. The molecule has 1 N–H and O–H groups in total. The summed E-state index contributed by atoms with van der Waals surface area (Å²) in [5.74, 6) is 0.943. The van der Waals surface area contributed by atoms with E-state index in [-0.39, 0.29) is 24.2 Å². The van der Waals surface area contributed by atoms with E-state index in [1.165, 1.54) is 12.1 Å². The molecule has 3 aromatic rings. The quantitative estimate of drug-likeness (QED) is 0.637. The molecule has 0 bridgehead atoms. The minimum atomic E-state index is -0.304. The van der Waals surface area contributed by atoms with Crippen molar-refractivity contribution in [1.29, 1.82) is 0 Å². The van der Waals surface area contributed by atoms with Crippen LogP contribution in [0.3, 0.4) is 0 Å². The fourth-order valence-corrected chi connectivity index (χ4v) is 3.47. The predicted molar refractivity (Wildman–Crippen MR) is 113 cm³/mol. The molecule has 1 unspecified atom stereocenters. The number of nitrogens with zero attached hydrogens (tertiary/aromatic N) is 2. The molecule has 3 rings (SSSR count). The van der Waals surface area contributed by atoms with Gasteiger partial charge >= 0.3 is 0 Å². The van der Waals surface area contributed by atoms with Crippen LogP contribution >= 0.6 is 0 Å². The standard InChI is InChI=1S/C23H26FN3O3/c1-14(21-12-19(29-4)10-11-22(21)30-5)25-23(28)13-20-15(2)26-27(16(20)3)18-8-6-17(24)7-9-18/h6-12,14H,13H2,1-5H3,(H,25,28). The van der Waals surface area contributed by atoms with Gasteiger partial charge < -0.3 is 14.8 Å². The van der Waals surface area contributed by atoms with Crippen LogP contribution in [0.25, 0.3) is 5.69 Å². The average Bonchev–Trinajstić information content (AvgIpc) is 3.01. The average molecular weight is 411 g/mol. The Balaban J connectivity index is 1.78. The van der Waals surface area contributed by atoms with Crippen LogP contribution in [-0.2, 0) is 11.2 Å². The van der Waals surface area contributed by atoms with E-state index in [9.17, 15) is 9.18 Å². The van der Waals surface area contributed by atoms with Gasteiger partial charge in [0.05, 0.1) is 38.1 Å². The molecule has 0 saturated carbocycles. The molecule has 0 aliphatic carbocycles. The summed E-state index contributed by atoms with van der Waals surface area (Å²) < 4.78 is 25.7. The summed E-state index contributed by atoms with van der Waals surface area (Å²) in [7, 11) is 3.19. The monoisotopic (exact) mass is 411 g/mol. The third-order valence-corrected chi connectivity index (χ3v) is 5.13. The zero-order valence-corrected chi connectivity index (χ0v) is 17.8. The normalized spacial score (nSPS) is 11.8. The number of carbonyl (C=O) groups excluding carboxylic acids is 1. The highest BCUT2D eigenvalue weighted by molar-refractivity contribution is 5.79. The van der Waals surface area contributed by atoms with E-state index in [0.29, 0.717) is 11.5 Å². The Hall–Kier alpha value is -3.35. The summed E-state index contributed by atoms with van der Waals surface area (Å²) in [4.78, 5) is 12.8. The van der Waals surface area contributed by atoms with Gasteiger partial charge in [0.1, 0.15) is 17.3 Å². The molecule has 1 aromatic heterocycles. The second-order valence-electron chi connectivity index (χ2n) is 7.11. The van der Waals surface area contributed by atoms with Gasteiger partial charge in [-0.1, -0.05) is 0 Å². The van der Waals surface area contributed by atoms with E-state index < -0.39 is 0 Å². The zero-order chi connectivity index (χ0) is 21.8. The molecule has 1 atom stereocenters. The number of benzene rings is 2. The van der Waals surface area contributed by atoms with Gasteiger partial charge in [-0.15, -0.1) is 0 Å². The first kappa shape index (κ1) is 21.4. The molecular formula is C23H26FN3O3. The number of rotatable bonds is 7. The highest BCUT2D eigenvalue weighted by Gasteiger charge is 2.19. The van der Waals surface area contributed by atoms with Gasteiger partial charge in [0, 0.05) is 16.8 Å². The first-order valence-electron chi connectivity index (χ1n) is 9.66. The van der Waals surface area contributed by atoms with Crippen molar-refractivity contribution in [3.8, 4) is 17.2 Å². The Kier molecular flexibility index (Phi) is 6.40. The molecule has 0 radical (unpaired) electrons. The number of halogens is 1. The Morgan fingerprint density at radius 3 is 2.47 bits per heavy atom. The minimum Gasteiger partial charge on any atom is -0.497 e. The van der Waals surface area contributed by atoms with Crippen LogP contribution in [0.15, 0.2) is 42.5 Å². The molecule has 1 heterocycles. The summed E-state index contributed by atoms with van der Waals surface area (Å²) in [5.41, 5.74) is 4.04. The number of hydrogen-bond acceptors (Lipinski definition) is 4. The molecule has 0 aliphatic rings. The van der Waals surface area contributed by atoms with Gasteiger partial charge in [-0.3, -0.25) is 4.79 Å². The second-order valence-corrected chi connectivity index (χ2v) is 7.11. The molecular weight excluding hydrogens is 385 g/mol. The highest BCUT2D eigenvalue weighted by atomic mass is 19.1. The van der Waals surface area contributed by atoms with Gasteiger partial charge in [-0.2, -0.15) is 5.10 Å². The molecule has 6 nitrogen and oxygen atoms in total. The Labute approximate surface area is 175 Å². The zero-order valence-electron chi connectivity index (χ0n) is 17.8. The van der Waals surface area contributed by atoms with Crippen LogP contribution in [0.2, 0.25) is 0 Å². The predicted octanol–water partition coefficient (Wildman–Crippen LogP) is 4.07. The van der Waals surface area contributed by atoms with Crippen LogP contribution in [0.4, 0.5) is 4.39 Å². The number of amides is 1. The maximum absolute atomic E-state index is 13.2. The smallest absolute Gasteiger partial charge is 0.225 e. The Bertz CT molecular complexity index is 1040. The lowest BCUT2D eigenvalue weighted by atomic mass is 10.1. The highest BCUT2D eigenvalue weighted by Crippen LogP contribution is 2.29. The lowest BCUT2D eigenvalue weighted by Crippen LogP contribution is -2.28. The van der Waals surface area contributed by atoms with E-state index in [1.807, 2.05) is 39.0 Å². The minimum absolute atomic E-state index is 0.128. The lowest BCUT2D eigenvalue weighted by Gasteiger charge is -2.18. The second kappa shape index (κ2) is 8.98. The third kappa shape index (κ3) is 4.45. The van der Waals surface area contributed by atoms with Gasteiger partial charge in [-0.05, 0) is 63.2 Å². The molecule has 7 heteroatoms. The Morgan fingerprint density at radius 2 is 1.83 bits per heavy atom. The molecule has 30 heavy (non-hydrogen) atoms. The summed E-state index contributed by atoms with van der Waals surface area (Å²) in [6, 6.07) is 11.3. The largest absolute Gasteiger partial charge is 0.497 e. The van der Waals surface area contributed by atoms with Crippen molar-refractivity contribution in [1.82, 2.24) is 15.1 Å². The lowest BCUT2D eigenvalue weighted by molar-refractivity contribution is -0.121. The van der Waals surface area contributed by atoms with Gasteiger partial charge in [0.15, 0.2) is 0 Å². The van der Waals surface area contributed by atoms with Crippen LogP contribution < -0.4 is 14.8 Å². The molecule has 0 fully saturated rings. The van der Waals surface area contributed by atoms with Crippen molar-refractivity contribution in [3.05, 3.63) is 70.8 Å². The number of nitrogens with one attached hydrogen (secondary N) is 1. The van der Waals surface area contributed by atoms with E-state index in [4.69, 9.17) is 9.47 Å². The van der Waals surface area contributed by atoms with Crippen molar-refractivity contribution in [3.63, 3.8) is 0 Å². The van der Waals surface area contributed by atoms with Crippen LogP contribution in [0.1, 0.15) is 35.5 Å². The first-order valence-corrected chi connectivity index (χ1v) is 9.66.